The van der Waals surface area contributed by atoms with E-state index in [-0.39, 0.29) is 5.91 Å². The summed E-state index contributed by atoms with van der Waals surface area (Å²) in [7, 11) is 0. The van der Waals surface area contributed by atoms with Crippen LogP contribution in [-0.4, -0.2) is 70.2 Å². The van der Waals surface area contributed by atoms with Gasteiger partial charge in [0.2, 0.25) is 5.91 Å². The van der Waals surface area contributed by atoms with E-state index in [1.165, 1.54) is 16.8 Å². The number of carbonyl (C=O) groups excluding carboxylic acids is 1. The second-order valence-corrected chi connectivity index (χ2v) is 10.1. The maximum absolute atomic E-state index is 11.5. The normalized spacial score (nSPS) is 16.3. The van der Waals surface area contributed by atoms with Gasteiger partial charge in [-0.15, -0.1) is 0 Å². The van der Waals surface area contributed by atoms with Crippen LogP contribution in [0.3, 0.4) is 0 Å². The molecular formula is C28H32N8O. The van der Waals surface area contributed by atoms with E-state index in [0.717, 1.165) is 85.1 Å². The van der Waals surface area contributed by atoms with Crippen LogP contribution >= 0.6 is 0 Å². The second kappa shape index (κ2) is 9.48. The molecule has 9 heteroatoms. The van der Waals surface area contributed by atoms with Crippen LogP contribution in [0.15, 0.2) is 42.6 Å². The molecule has 4 aromatic rings. The number of anilines is 2. The van der Waals surface area contributed by atoms with Crippen molar-refractivity contribution in [1.29, 1.82) is 0 Å². The van der Waals surface area contributed by atoms with Crippen molar-refractivity contribution in [2.45, 2.75) is 26.8 Å². The van der Waals surface area contributed by atoms with E-state index in [4.69, 9.17) is 15.7 Å². The Morgan fingerprint density at radius 3 is 2.57 bits per heavy atom. The molecule has 0 aliphatic carbocycles. The molecule has 37 heavy (non-hydrogen) atoms. The Balaban J connectivity index is 1.43. The van der Waals surface area contributed by atoms with E-state index in [1.807, 2.05) is 6.20 Å². The molecule has 2 aromatic heterocycles. The van der Waals surface area contributed by atoms with Gasteiger partial charge < -0.3 is 15.5 Å². The summed E-state index contributed by atoms with van der Waals surface area (Å²) in [6, 6.07) is 12.7. The summed E-state index contributed by atoms with van der Waals surface area (Å²) in [4.78, 5) is 28.8. The quantitative estimate of drug-likeness (QED) is 0.438. The average molecular weight is 497 g/mol. The van der Waals surface area contributed by atoms with Gasteiger partial charge in [0, 0.05) is 67.9 Å². The lowest BCUT2D eigenvalue weighted by Crippen LogP contribution is -2.49. The fraction of sp³-hybridized carbons (Fsp3) is 0.357. The molecule has 0 saturated carbocycles. The minimum absolute atomic E-state index is 0.285. The molecule has 0 atom stereocenters. The maximum atomic E-state index is 11.5. The topological polar surface area (TPSA) is 107 Å². The Labute approximate surface area is 216 Å². The Bertz CT molecular complexity index is 1470. The van der Waals surface area contributed by atoms with Crippen molar-refractivity contribution in [3.05, 3.63) is 65.0 Å². The molecule has 1 saturated heterocycles. The van der Waals surface area contributed by atoms with Crippen LogP contribution in [-0.2, 0) is 17.8 Å². The van der Waals surface area contributed by atoms with Gasteiger partial charge in [0.25, 0.3) is 0 Å². The van der Waals surface area contributed by atoms with Gasteiger partial charge in [0.15, 0.2) is 5.82 Å². The highest BCUT2D eigenvalue weighted by molar-refractivity contribution is 5.94. The van der Waals surface area contributed by atoms with Crippen molar-refractivity contribution in [2.75, 3.05) is 49.1 Å². The molecule has 190 valence electrons. The molecule has 2 aliphatic heterocycles. The lowest BCUT2D eigenvalue weighted by atomic mass is 10.0. The highest BCUT2D eigenvalue weighted by Crippen LogP contribution is 2.35. The molecule has 0 unspecified atom stereocenters. The van der Waals surface area contributed by atoms with E-state index in [9.17, 15) is 4.79 Å². The molecule has 1 amide bonds. The largest absolute Gasteiger partial charge is 0.369 e. The summed E-state index contributed by atoms with van der Waals surface area (Å²) in [5.74, 6) is 1.46. The van der Waals surface area contributed by atoms with Crippen molar-refractivity contribution >= 4 is 28.3 Å². The van der Waals surface area contributed by atoms with Gasteiger partial charge in [-0.3, -0.25) is 14.8 Å². The minimum Gasteiger partial charge on any atom is -0.369 e. The molecule has 3 N–H and O–H groups in total. The molecule has 0 radical (unpaired) electrons. The number of piperazine rings is 1. The summed E-state index contributed by atoms with van der Waals surface area (Å²) in [5, 5.41) is 8.39. The number of primary amides is 1. The first-order valence-corrected chi connectivity index (χ1v) is 12.9. The number of nitrogens with zero attached hydrogens (tertiary/aromatic N) is 6. The molecule has 4 heterocycles. The van der Waals surface area contributed by atoms with Gasteiger partial charge in [0.05, 0.1) is 24.0 Å². The third-order valence-corrected chi connectivity index (χ3v) is 7.60. The van der Waals surface area contributed by atoms with Crippen LogP contribution in [0.5, 0.6) is 0 Å². The molecule has 2 aliphatic rings. The van der Waals surface area contributed by atoms with Gasteiger partial charge >= 0.3 is 0 Å². The van der Waals surface area contributed by atoms with Crippen molar-refractivity contribution in [3.8, 4) is 11.4 Å². The summed E-state index contributed by atoms with van der Waals surface area (Å²) >= 11 is 0. The van der Waals surface area contributed by atoms with Gasteiger partial charge in [-0.2, -0.15) is 5.10 Å². The zero-order valence-corrected chi connectivity index (χ0v) is 21.4. The number of amides is 1. The Morgan fingerprint density at radius 1 is 0.973 bits per heavy atom. The monoisotopic (exact) mass is 496 g/mol. The van der Waals surface area contributed by atoms with Crippen LogP contribution in [0.25, 0.3) is 22.3 Å². The predicted molar refractivity (Wildman–Crippen MR) is 146 cm³/mol. The van der Waals surface area contributed by atoms with Crippen molar-refractivity contribution in [3.63, 3.8) is 0 Å². The summed E-state index contributed by atoms with van der Waals surface area (Å²) < 4.78 is 0. The molecule has 9 nitrogen and oxygen atoms in total. The average Bonchev–Trinajstić information content (AvgIpc) is 3.37. The van der Waals surface area contributed by atoms with E-state index >= 15 is 0 Å². The van der Waals surface area contributed by atoms with Crippen LogP contribution in [0.1, 0.15) is 22.4 Å². The fourth-order valence-corrected chi connectivity index (χ4v) is 5.66. The molecule has 0 bridgehead atoms. The number of aromatic amines is 1. The summed E-state index contributed by atoms with van der Waals surface area (Å²) in [6.45, 7) is 9.37. The minimum atomic E-state index is -0.285. The number of benzene rings is 2. The number of carbonyl (C=O) groups is 1. The van der Waals surface area contributed by atoms with Crippen LogP contribution in [0, 0.1) is 13.8 Å². The first kappa shape index (κ1) is 23.4. The number of para-hydroxylation sites is 1. The first-order valence-electron chi connectivity index (χ1n) is 12.9. The Kier molecular flexibility index (Phi) is 6.00. The number of hydrogen-bond acceptors (Lipinski definition) is 7. The van der Waals surface area contributed by atoms with Crippen LogP contribution in [0.4, 0.5) is 11.5 Å². The lowest BCUT2D eigenvalue weighted by molar-refractivity contribution is -0.119. The number of fused-ring (bicyclic) bond motifs is 2. The zero-order chi connectivity index (χ0) is 25.5. The summed E-state index contributed by atoms with van der Waals surface area (Å²) in [5.41, 5.74) is 13.4. The smallest absolute Gasteiger partial charge is 0.231 e. The fourth-order valence-electron chi connectivity index (χ4n) is 5.66. The lowest BCUT2D eigenvalue weighted by Gasteiger charge is -2.38. The van der Waals surface area contributed by atoms with Crippen molar-refractivity contribution < 1.29 is 4.79 Å². The second-order valence-electron chi connectivity index (χ2n) is 10.1. The zero-order valence-electron chi connectivity index (χ0n) is 21.4. The van der Waals surface area contributed by atoms with Gasteiger partial charge in [0.1, 0.15) is 5.82 Å². The van der Waals surface area contributed by atoms with Crippen LogP contribution in [0.2, 0.25) is 0 Å². The first-order chi connectivity index (χ1) is 18.0. The number of nitrogens with one attached hydrogen (secondary N) is 1. The molecule has 1 fully saturated rings. The van der Waals surface area contributed by atoms with Gasteiger partial charge in [-0.25, -0.2) is 9.97 Å². The highest BCUT2D eigenvalue weighted by Gasteiger charge is 2.29. The standard InChI is InChI=1S/C28H32N8O/c1-18-5-3-4-6-24(18)36-10-9-22-21(16-36)28(35-13-11-34(12-14-35)17-25(29)37)32-27(31-22)26-19(2)7-8-23-20(26)15-30-33-23/h3-8,15H,9-14,16-17H2,1-2H3,(H2,29,37)(H,30,33). The maximum Gasteiger partial charge on any atom is 0.231 e. The van der Waals surface area contributed by atoms with Gasteiger partial charge in [-0.1, -0.05) is 24.3 Å². The molecule has 6 rings (SSSR count). The highest BCUT2D eigenvalue weighted by atomic mass is 16.1. The van der Waals surface area contributed by atoms with E-state index in [1.54, 1.807) is 0 Å². The molecule has 2 aromatic carbocycles. The predicted octanol–water partition coefficient (Wildman–Crippen LogP) is 2.81. The number of rotatable bonds is 5. The number of hydrogen-bond donors (Lipinski definition) is 2. The Morgan fingerprint density at radius 2 is 1.78 bits per heavy atom. The number of aromatic nitrogens is 4. The Hall–Kier alpha value is -3.98. The van der Waals surface area contributed by atoms with Gasteiger partial charge in [-0.05, 0) is 37.1 Å². The summed E-state index contributed by atoms with van der Waals surface area (Å²) in [6.07, 6.45) is 2.72. The molecular weight excluding hydrogens is 464 g/mol. The van der Waals surface area contributed by atoms with Crippen molar-refractivity contribution in [1.82, 2.24) is 25.1 Å². The van der Waals surface area contributed by atoms with Crippen LogP contribution < -0.4 is 15.5 Å². The number of aryl methyl sites for hydroxylation is 2. The van der Waals surface area contributed by atoms with E-state index in [0.29, 0.717) is 6.54 Å². The van der Waals surface area contributed by atoms with E-state index in [2.05, 4.69) is 75.1 Å². The number of nitrogens with two attached hydrogens (primary N) is 1. The SMILES string of the molecule is Cc1ccccc1N1CCc2nc(-c3c(C)ccc4[nH]ncc34)nc(N3CCN(CC(N)=O)CC3)c2C1. The third-order valence-electron chi connectivity index (χ3n) is 7.60. The third kappa shape index (κ3) is 4.40. The number of H-pyrrole nitrogens is 1. The van der Waals surface area contributed by atoms with Crippen molar-refractivity contribution in [2.24, 2.45) is 5.73 Å². The van der Waals surface area contributed by atoms with E-state index < -0.39 is 0 Å². The molecule has 0 spiro atoms.